The number of carbonyl (C=O) groups excluding carboxylic acids is 1. The minimum atomic E-state index is -4.93. The maximum atomic E-state index is 13.5. The van der Waals surface area contributed by atoms with E-state index in [0.717, 1.165) is 30.3 Å². The normalized spacial score (nSPS) is 12.0. The minimum absolute atomic E-state index is 0.00287. The monoisotopic (exact) mass is 602 g/mol. The Morgan fingerprint density at radius 1 is 1.02 bits per heavy atom. The molecule has 1 aromatic heterocycles. The molecule has 3 N–H and O–H groups in total. The topological polar surface area (TPSA) is 212 Å². The molecule has 17 heteroatoms. The lowest BCUT2D eigenvalue weighted by Gasteiger charge is -2.13. The van der Waals surface area contributed by atoms with Crippen LogP contribution in [0.15, 0.2) is 94.8 Å². The number of halogens is 4. The molecule has 1 heterocycles. The summed E-state index contributed by atoms with van der Waals surface area (Å²) >= 11 is 0. The fourth-order valence-electron chi connectivity index (χ4n) is 2.96. The summed E-state index contributed by atoms with van der Waals surface area (Å²) in [5.41, 5.74) is -3.46. The number of amides is 1. The van der Waals surface area contributed by atoms with Crippen LogP contribution >= 0.6 is 0 Å². The molecule has 0 aliphatic heterocycles. The fraction of sp³-hybridized carbons (Fsp3) is 0.0385. The largest absolute Gasteiger partial charge is 0.763 e. The van der Waals surface area contributed by atoms with Gasteiger partial charge in [-0.1, -0.05) is 12.1 Å². The molecule has 0 spiro atoms. The van der Waals surface area contributed by atoms with E-state index in [2.05, 4.69) is 4.42 Å². The van der Waals surface area contributed by atoms with Gasteiger partial charge in [-0.25, -0.2) is 9.18 Å². The number of nitrogens with zero attached hydrogens (tertiary/aromatic N) is 3. The Kier molecular flexibility index (Phi) is 11.1. The third kappa shape index (κ3) is 9.44. The SMILES string of the molecule is O=C(Nc1ccc([N+](=O)[O-])cc1C(F)(F)F)c1ccccc1F.O=C(O)c1ccco1.[N-]=C=C1C=C([N+](=O)[O-])C=CC1=N. The van der Waals surface area contributed by atoms with Gasteiger partial charge >= 0.3 is 12.1 Å². The molecule has 222 valence electrons. The van der Waals surface area contributed by atoms with E-state index < -0.39 is 56.2 Å². The van der Waals surface area contributed by atoms with Crippen molar-refractivity contribution in [2.75, 3.05) is 5.32 Å². The van der Waals surface area contributed by atoms with Gasteiger partial charge in [-0.3, -0.25) is 36.3 Å². The lowest BCUT2D eigenvalue weighted by Crippen LogP contribution is -2.18. The van der Waals surface area contributed by atoms with Gasteiger partial charge < -0.3 is 20.2 Å². The predicted molar refractivity (Wildman–Crippen MR) is 142 cm³/mol. The molecule has 0 radical (unpaired) electrons. The number of rotatable bonds is 5. The molecule has 0 atom stereocenters. The van der Waals surface area contributed by atoms with E-state index in [0.29, 0.717) is 6.07 Å². The van der Waals surface area contributed by atoms with Gasteiger partial charge in [0.25, 0.3) is 17.3 Å². The third-order valence-electron chi connectivity index (χ3n) is 4.95. The molecule has 13 nitrogen and oxygen atoms in total. The maximum Gasteiger partial charge on any atom is 0.418 e. The number of carboxylic acids is 1. The number of aromatic carboxylic acids is 1. The first kappa shape index (κ1) is 33.0. The molecule has 1 amide bonds. The second-order valence-electron chi connectivity index (χ2n) is 7.80. The summed E-state index contributed by atoms with van der Waals surface area (Å²) in [6.45, 7) is 0. The van der Waals surface area contributed by atoms with Gasteiger partial charge in [0.2, 0.25) is 5.76 Å². The number of non-ortho nitro benzene ring substituents is 1. The number of nitrogens with one attached hydrogen (secondary N) is 2. The molecule has 3 aromatic rings. The minimum Gasteiger partial charge on any atom is -0.763 e. The molecular formula is C26H16F4N5O8-. The summed E-state index contributed by atoms with van der Waals surface area (Å²) < 4.78 is 56.9. The van der Waals surface area contributed by atoms with E-state index in [1.54, 1.807) is 5.87 Å². The van der Waals surface area contributed by atoms with Crippen LogP contribution in [0.4, 0.5) is 28.9 Å². The van der Waals surface area contributed by atoms with Crippen LogP contribution in [-0.2, 0) is 6.18 Å². The highest BCUT2D eigenvalue weighted by atomic mass is 19.4. The van der Waals surface area contributed by atoms with Crippen molar-refractivity contribution in [2.45, 2.75) is 6.18 Å². The third-order valence-corrected chi connectivity index (χ3v) is 4.95. The Morgan fingerprint density at radius 3 is 2.19 bits per heavy atom. The molecule has 0 fully saturated rings. The van der Waals surface area contributed by atoms with Gasteiger partial charge in [-0.15, -0.1) is 0 Å². The smallest absolute Gasteiger partial charge is 0.418 e. The van der Waals surface area contributed by atoms with E-state index in [1.807, 2.05) is 5.32 Å². The molecule has 0 bridgehead atoms. The summed E-state index contributed by atoms with van der Waals surface area (Å²) in [6, 6.07) is 9.53. The summed E-state index contributed by atoms with van der Waals surface area (Å²) in [4.78, 5) is 41.1. The van der Waals surface area contributed by atoms with Gasteiger partial charge in [0.1, 0.15) is 5.82 Å². The Morgan fingerprint density at radius 2 is 1.70 bits per heavy atom. The van der Waals surface area contributed by atoms with Crippen LogP contribution in [0.3, 0.4) is 0 Å². The molecule has 2 aromatic carbocycles. The highest BCUT2D eigenvalue weighted by molar-refractivity contribution is 6.15. The number of anilines is 1. The number of furan rings is 1. The van der Waals surface area contributed by atoms with Crippen molar-refractivity contribution < 1.29 is 46.5 Å². The summed E-state index contributed by atoms with van der Waals surface area (Å²) in [6.07, 6.45) is -0.0878. The van der Waals surface area contributed by atoms with Crippen LogP contribution in [0.25, 0.3) is 5.41 Å². The van der Waals surface area contributed by atoms with Crippen molar-refractivity contribution >= 4 is 34.8 Å². The number of alkyl halides is 3. The number of nitro groups is 2. The van der Waals surface area contributed by atoms with Gasteiger partial charge in [-0.2, -0.15) is 13.2 Å². The number of hydrogen-bond donors (Lipinski definition) is 3. The van der Waals surface area contributed by atoms with E-state index in [1.165, 1.54) is 42.7 Å². The van der Waals surface area contributed by atoms with Crippen molar-refractivity contribution in [1.82, 2.24) is 0 Å². The van der Waals surface area contributed by atoms with Crippen LogP contribution in [-0.4, -0.2) is 38.4 Å². The Hall–Kier alpha value is -6.22. The zero-order valence-corrected chi connectivity index (χ0v) is 21.2. The van der Waals surface area contributed by atoms with E-state index in [9.17, 15) is 47.4 Å². The van der Waals surface area contributed by atoms with Gasteiger partial charge in [0.15, 0.2) is 0 Å². The van der Waals surface area contributed by atoms with Crippen LogP contribution < -0.4 is 5.32 Å². The molecule has 1 aliphatic carbocycles. The van der Waals surface area contributed by atoms with Crippen molar-refractivity contribution in [2.24, 2.45) is 0 Å². The Bertz CT molecular complexity index is 1670. The van der Waals surface area contributed by atoms with E-state index in [4.69, 9.17) is 15.9 Å². The average molecular weight is 602 g/mol. The Labute approximate surface area is 237 Å². The van der Waals surface area contributed by atoms with E-state index in [-0.39, 0.29) is 22.7 Å². The van der Waals surface area contributed by atoms with Gasteiger partial charge in [0.05, 0.1) is 38.6 Å². The molecule has 0 unspecified atom stereocenters. The first-order valence-electron chi connectivity index (χ1n) is 11.2. The zero-order valence-electron chi connectivity index (χ0n) is 21.2. The number of allylic oxidation sites excluding steroid dienone is 4. The number of nitro benzene ring substituents is 1. The highest BCUT2D eigenvalue weighted by Crippen LogP contribution is 2.37. The first-order valence-corrected chi connectivity index (χ1v) is 11.2. The number of benzene rings is 2. The number of carbonyl (C=O) groups is 2. The van der Waals surface area contributed by atoms with Crippen LogP contribution in [0.2, 0.25) is 0 Å². The van der Waals surface area contributed by atoms with Crippen LogP contribution in [0, 0.1) is 31.5 Å². The first-order chi connectivity index (χ1) is 20.1. The predicted octanol–water partition coefficient (Wildman–Crippen LogP) is 5.88. The van der Waals surface area contributed by atoms with Crippen LogP contribution in [0.1, 0.15) is 26.5 Å². The molecule has 4 rings (SSSR count). The highest BCUT2D eigenvalue weighted by Gasteiger charge is 2.36. The van der Waals surface area contributed by atoms with Crippen LogP contribution in [0.5, 0.6) is 0 Å². The summed E-state index contributed by atoms with van der Waals surface area (Å²) in [5.74, 6) is -1.35. The average Bonchev–Trinajstić information content (AvgIpc) is 3.49. The molecule has 43 heavy (non-hydrogen) atoms. The maximum absolute atomic E-state index is 13.5. The number of carboxylic acid groups (broad SMARTS) is 1. The fourth-order valence-corrected chi connectivity index (χ4v) is 2.96. The molecule has 0 saturated heterocycles. The van der Waals surface area contributed by atoms with E-state index >= 15 is 0 Å². The van der Waals surface area contributed by atoms with Crippen molar-refractivity contribution in [3.05, 3.63) is 139 Å². The second kappa shape index (κ2) is 14.4. The summed E-state index contributed by atoms with van der Waals surface area (Å²) in [5, 5.41) is 46.5. The quantitative estimate of drug-likeness (QED) is 0.138. The van der Waals surface area contributed by atoms with Gasteiger partial charge in [0, 0.05) is 29.9 Å². The number of hydrogen-bond acceptors (Lipinski definition) is 8. The lowest BCUT2D eigenvalue weighted by atomic mass is 10.1. The molecular weight excluding hydrogens is 586 g/mol. The summed E-state index contributed by atoms with van der Waals surface area (Å²) in [7, 11) is 0. The zero-order chi connectivity index (χ0) is 32.3. The lowest BCUT2D eigenvalue weighted by molar-refractivity contribution is -0.419. The second-order valence-corrected chi connectivity index (χ2v) is 7.80. The van der Waals surface area contributed by atoms with Crippen molar-refractivity contribution in [1.29, 1.82) is 5.41 Å². The Balaban J connectivity index is 0.000000266. The van der Waals surface area contributed by atoms with Crippen molar-refractivity contribution in [3.8, 4) is 0 Å². The molecule has 1 aliphatic rings. The molecule has 0 saturated carbocycles. The van der Waals surface area contributed by atoms with Gasteiger partial charge in [-0.05, 0) is 36.4 Å². The van der Waals surface area contributed by atoms with Crippen molar-refractivity contribution in [3.63, 3.8) is 0 Å². The standard InChI is InChI=1S/C14H8F4N2O3.C7H4N3O2.C5H4O3/c15-11-4-2-1-3-9(11)13(21)19-12-6-5-8(20(22)23)7-10(12)14(16,17)18;8-4-5-3-6(10(11)12)1-2-7(5)9;6-5(7)4-2-1-3-8-4/h1-7H,(H,19,21);1-3,9H;1-3H,(H,6,7)/q;-1;.